The van der Waals surface area contributed by atoms with Crippen LogP contribution in [0.5, 0.6) is 0 Å². The summed E-state index contributed by atoms with van der Waals surface area (Å²) in [5, 5.41) is 0.440. The zero-order valence-corrected chi connectivity index (χ0v) is 18.3. The second-order valence-electron chi connectivity index (χ2n) is 6.72. The molecule has 7 nitrogen and oxygen atoms in total. The van der Waals surface area contributed by atoms with Crippen molar-refractivity contribution in [1.82, 2.24) is 19.4 Å². The fraction of sp³-hybridized carbons (Fsp3) is 0.600. The van der Waals surface area contributed by atoms with Crippen LogP contribution < -0.4 is 5.56 Å². The van der Waals surface area contributed by atoms with Crippen molar-refractivity contribution in [2.45, 2.75) is 54.0 Å². The number of carbonyl (C=O) groups excluding carboxylic acids is 2. The van der Waals surface area contributed by atoms with Gasteiger partial charge in [-0.3, -0.25) is 19.0 Å². The summed E-state index contributed by atoms with van der Waals surface area (Å²) in [7, 11) is 0. The minimum Gasteiger partial charge on any atom is -0.342 e. The first-order valence-electron chi connectivity index (χ1n) is 9.94. The van der Waals surface area contributed by atoms with Gasteiger partial charge in [-0.1, -0.05) is 13.3 Å². The van der Waals surface area contributed by atoms with Gasteiger partial charge in [0, 0.05) is 26.2 Å². The van der Waals surface area contributed by atoms with Crippen molar-refractivity contribution in [3.05, 3.63) is 27.1 Å². The van der Waals surface area contributed by atoms with Crippen LogP contribution in [0.25, 0.3) is 10.2 Å². The van der Waals surface area contributed by atoms with Crippen molar-refractivity contribution in [3.63, 3.8) is 0 Å². The SMILES string of the molecule is CCCCN(CC)C(=O)c1sc2ncn(CC(=O)N(CC)CC)c(=O)c2c1C. The highest BCUT2D eigenvalue weighted by molar-refractivity contribution is 7.20. The molecule has 2 aromatic heterocycles. The summed E-state index contributed by atoms with van der Waals surface area (Å²) < 4.78 is 1.34. The first-order chi connectivity index (χ1) is 13.4. The van der Waals surface area contributed by atoms with Crippen molar-refractivity contribution in [2.24, 2.45) is 0 Å². The Balaban J connectivity index is 2.40. The molecule has 0 aliphatic rings. The molecule has 0 unspecified atom stereocenters. The van der Waals surface area contributed by atoms with Gasteiger partial charge < -0.3 is 9.80 Å². The second kappa shape index (κ2) is 9.82. The maximum absolute atomic E-state index is 13.0. The number of aryl methyl sites for hydroxylation is 1. The highest BCUT2D eigenvalue weighted by atomic mass is 32.1. The van der Waals surface area contributed by atoms with Gasteiger partial charge in [0.05, 0.1) is 16.6 Å². The van der Waals surface area contributed by atoms with Gasteiger partial charge in [0.2, 0.25) is 5.91 Å². The van der Waals surface area contributed by atoms with Gasteiger partial charge >= 0.3 is 0 Å². The lowest BCUT2D eigenvalue weighted by Crippen LogP contribution is -2.36. The number of hydrogen-bond acceptors (Lipinski definition) is 5. The second-order valence-corrected chi connectivity index (χ2v) is 7.72. The van der Waals surface area contributed by atoms with E-state index in [0.717, 1.165) is 12.8 Å². The molecule has 0 spiro atoms. The van der Waals surface area contributed by atoms with E-state index in [9.17, 15) is 14.4 Å². The van der Waals surface area contributed by atoms with E-state index < -0.39 is 0 Å². The van der Waals surface area contributed by atoms with E-state index in [1.807, 2.05) is 25.7 Å². The lowest BCUT2D eigenvalue weighted by Gasteiger charge is -2.20. The smallest absolute Gasteiger partial charge is 0.264 e. The molecule has 28 heavy (non-hydrogen) atoms. The molecule has 0 aromatic carbocycles. The predicted molar refractivity (Wildman–Crippen MR) is 113 cm³/mol. The molecule has 2 amide bonds. The average molecular weight is 407 g/mol. The maximum Gasteiger partial charge on any atom is 0.264 e. The fourth-order valence-electron chi connectivity index (χ4n) is 3.19. The number of carbonyl (C=O) groups is 2. The number of thiophene rings is 1. The highest BCUT2D eigenvalue weighted by Crippen LogP contribution is 2.28. The van der Waals surface area contributed by atoms with Gasteiger partial charge in [0.1, 0.15) is 11.4 Å². The Kier molecular flexibility index (Phi) is 7.74. The summed E-state index contributed by atoms with van der Waals surface area (Å²) in [6, 6.07) is 0. The van der Waals surface area contributed by atoms with Gasteiger partial charge in [0.25, 0.3) is 11.5 Å². The molecule has 2 heterocycles. The molecule has 2 aromatic rings. The largest absolute Gasteiger partial charge is 0.342 e. The standard InChI is InChI=1S/C20H30N4O3S/c1-6-10-11-23(9-4)20(27)17-14(5)16-18(28-17)21-13-24(19(16)26)12-15(25)22(7-2)8-3/h13H,6-12H2,1-5H3. The Morgan fingerprint density at radius 1 is 1.11 bits per heavy atom. The van der Waals surface area contributed by atoms with Crippen LogP contribution in [0.15, 0.2) is 11.1 Å². The molecule has 8 heteroatoms. The third kappa shape index (κ3) is 4.43. The zero-order valence-electron chi connectivity index (χ0n) is 17.4. The van der Waals surface area contributed by atoms with Gasteiger partial charge in [-0.05, 0) is 39.7 Å². The van der Waals surface area contributed by atoms with E-state index in [1.54, 1.807) is 11.8 Å². The molecule has 0 bridgehead atoms. The van der Waals surface area contributed by atoms with Crippen LogP contribution in [-0.2, 0) is 11.3 Å². The molecule has 154 valence electrons. The van der Waals surface area contributed by atoms with E-state index in [0.29, 0.717) is 46.8 Å². The quantitative estimate of drug-likeness (QED) is 0.642. The maximum atomic E-state index is 13.0. The van der Waals surface area contributed by atoms with Crippen LogP contribution in [0, 0.1) is 6.92 Å². The van der Waals surface area contributed by atoms with Crippen molar-refractivity contribution in [1.29, 1.82) is 0 Å². The summed E-state index contributed by atoms with van der Waals surface area (Å²) in [6.07, 6.45) is 3.37. The van der Waals surface area contributed by atoms with Crippen molar-refractivity contribution >= 4 is 33.4 Å². The Labute approximate surface area is 170 Å². The van der Waals surface area contributed by atoms with Crippen LogP contribution >= 0.6 is 11.3 Å². The number of hydrogen-bond donors (Lipinski definition) is 0. The fourth-order valence-corrected chi connectivity index (χ4v) is 4.30. The summed E-state index contributed by atoms with van der Waals surface area (Å²) in [4.78, 5) is 47.2. The highest BCUT2D eigenvalue weighted by Gasteiger charge is 2.23. The minimum absolute atomic E-state index is 0.0421. The number of unbranched alkanes of at least 4 members (excludes halogenated alkanes) is 1. The van der Waals surface area contributed by atoms with Gasteiger partial charge in [-0.2, -0.15) is 0 Å². The summed E-state index contributed by atoms with van der Waals surface area (Å²) >= 11 is 1.26. The Bertz CT molecular complexity index is 899. The normalized spacial score (nSPS) is 11.0. The lowest BCUT2D eigenvalue weighted by atomic mass is 10.2. The third-order valence-corrected chi connectivity index (χ3v) is 6.17. The van der Waals surface area contributed by atoms with Crippen LogP contribution in [0.1, 0.15) is 55.8 Å². The van der Waals surface area contributed by atoms with Crippen LogP contribution in [0.4, 0.5) is 0 Å². The first-order valence-corrected chi connectivity index (χ1v) is 10.8. The molecule has 0 aliphatic heterocycles. The van der Waals surface area contributed by atoms with E-state index in [-0.39, 0.29) is 23.9 Å². The van der Waals surface area contributed by atoms with E-state index in [4.69, 9.17) is 0 Å². The third-order valence-electron chi connectivity index (χ3n) is 4.98. The number of rotatable bonds is 9. The Morgan fingerprint density at radius 3 is 2.32 bits per heavy atom. The minimum atomic E-state index is -0.269. The van der Waals surface area contributed by atoms with E-state index in [2.05, 4.69) is 11.9 Å². The lowest BCUT2D eigenvalue weighted by molar-refractivity contribution is -0.131. The molecule has 0 N–H and O–H groups in total. The van der Waals surface area contributed by atoms with Gasteiger partial charge in [0.15, 0.2) is 0 Å². The van der Waals surface area contributed by atoms with Gasteiger partial charge in [-0.15, -0.1) is 11.3 Å². The molecule has 0 aliphatic carbocycles. The number of fused-ring (bicyclic) bond motifs is 1. The van der Waals surface area contributed by atoms with Crippen LogP contribution in [-0.4, -0.2) is 57.3 Å². The summed E-state index contributed by atoms with van der Waals surface area (Å²) in [5.41, 5.74) is 0.386. The van der Waals surface area contributed by atoms with E-state index in [1.165, 1.54) is 22.2 Å². The molecule has 0 radical (unpaired) electrons. The van der Waals surface area contributed by atoms with Crippen LogP contribution in [0.3, 0.4) is 0 Å². The van der Waals surface area contributed by atoms with E-state index >= 15 is 0 Å². The van der Waals surface area contributed by atoms with Gasteiger partial charge in [-0.25, -0.2) is 4.98 Å². The predicted octanol–water partition coefficient (Wildman–Crippen LogP) is 2.90. The Morgan fingerprint density at radius 2 is 1.75 bits per heavy atom. The van der Waals surface area contributed by atoms with Crippen molar-refractivity contribution < 1.29 is 9.59 Å². The molecular formula is C20H30N4O3S. The Hall–Kier alpha value is -2.22. The number of likely N-dealkylation sites (N-methyl/N-ethyl adjacent to an activating group) is 1. The number of aromatic nitrogens is 2. The number of nitrogens with zero attached hydrogens (tertiary/aromatic N) is 4. The molecule has 0 atom stereocenters. The van der Waals surface area contributed by atoms with Crippen LogP contribution in [0.2, 0.25) is 0 Å². The average Bonchev–Trinajstić information content (AvgIpc) is 3.02. The molecule has 0 saturated carbocycles. The molecule has 0 saturated heterocycles. The monoisotopic (exact) mass is 406 g/mol. The van der Waals surface area contributed by atoms with Crippen molar-refractivity contribution in [3.8, 4) is 0 Å². The zero-order chi connectivity index (χ0) is 20.8. The first kappa shape index (κ1) is 22.1. The number of amides is 2. The topological polar surface area (TPSA) is 75.5 Å². The molecular weight excluding hydrogens is 376 g/mol. The summed E-state index contributed by atoms with van der Waals surface area (Å²) in [5.74, 6) is -0.171. The van der Waals surface area contributed by atoms with Crippen molar-refractivity contribution in [2.75, 3.05) is 26.2 Å². The molecule has 0 fully saturated rings. The molecule has 2 rings (SSSR count). The summed E-state index contributed by atoms with van der Waals surface area (Å²) in [6.45, 7) is 12.1.